The Labute approximate surface area is 138 Å². The van der Waals surface area contributed by atoms with Crippen LogP contribution in [0.2, 0.25) is 0 Å². The van der Waals surface area contributed by atoms with Crippen LogP contribution in [0.5, 0.6) is 0 Å². The summed E-state index contributed by atoms with van der Waals surface area (Å²) in [5.74, 6) is -0.417. The Kier molecular flexibility index (Phi) is 3.46. The Morgan fingerprint density at radius 2 is 1.75 bits per heavy atom. The van der Waals surface area contributed by atoms with Crippen LogP contribution in [0.15, 0.2) is 66.7 Å². The van der Waals surface area contributed by atoms with Gasteiger partial charge < -0.3 is 4.74 Å². The summed E-state index contributed by atoms with van der Waals surface area (Å²) >= 11 is 0. The molecule has 2 aromatic heterocycles. The lowest BCUT2D eigenvalue weighted by Gasteiger charge is -2.00. The number of carbonyl (C=O) groups excluding carboxylic acids is 1. The van der Waals surface area contributed by atoms with E-state index >= 15 is 0 Å². The van der Waals surface area contributed by atoms with Gasteiger partial charge in [-0.05, 0) is 42.1 Å². The first kappa shape index (κ1) is 14.4. The molecule has 0 unspecified atom stereocenters. The Hall–Kier alpha value is -3.21. The zero-order valence-corrected chi connectivity index (χ0v) is 13.2. The van der Waals surface area contributed by atoms with Crippen molar-refractivity contribution < 1.29 is 14.0 Å². The largest absolute Gasteiger partial charge is 0.459 e. The van der Waals surface area contributed by atoms with Gasteiger partial charge in [0.2, 0.25) is 5.52 Å². The molecule has 4 aromatic rings. The summed E-state index contributed by atoms with van der Waals surface area (Å²) in [5, 5.41) is 5.61. The summed E-state index contributed by atoms with van der Waals surface area (Å²) < 4.78 is 7.11. The van der Waals surface area contributed by atoms with E-state index in [1.54, 1.807) is 11.7 Å². The first-order valence-corrected chi connectivity index (χ1v) is 7.85. The monoisotopic (exact) mass is 318 g/mol. The third kappa shape index (κ3) is 2.22. The van der Waals surface area contributed by atoms with Gasteiger partial charge in [0.1, 0.15) is 5.69 Å². The first-order valence-electron chi connectivity index (χ1n) is 7.85. The van der Waals surface area contributed by atoms with Gasteiger partial charge in [0.25, 0.3) is 0 Å². The Balaban J connectivity index is 2.10. The predicted octanol–water partition coefficient (Wildman–Crippen LogP) is 2.94. The number of hydrogen-bond donors (Lipinski definition) is 0. The number of nitrogens with zero attached hydrogens (tertiary/aromatic N) is 3. The molecule has 2 aromatic carbocycles. The standard InChI is InChI=1S/C19H16N3O2/c1-2-24-19(23)18-17-13-12-14-8-6-7-11-16(14)21(17)22(20-18)15-9-4-3-5-10-15/h3-13H,2H2,1H3/q+1. The molecule has 118 valence electrons. The van der Waals surface area contributed by atoms with E-state index in [2.05, 4.69) is 5.10 Å². The van der Waals surface area contributed by atoms with E-state index in [0.29, 0.717) is 12.3 Å². The normalized spacial score (nSPS) is 11.0. The van der Waals surface area contributed by atoms with E-state index in [1.165, 1.54) is 0 Å². The SMILES string of the molecule is CCOC(=O)c1nn(-c2ccccc2)[n+]2c1ccc1ccccc12. The van der Waals surface area contributed by atoms with Crippen molar-refractivity contribution in [3.8, 4) is 5.69 Å². The van der Waals surface area contributed by atoms with Crippen LogP contribution in [0, 0.1) is 0 Å². The maximum absolute atomic E-state index is 12.3. The van der Waals surface area contributed by atoms with Crippen molar-refractivity contribution in [2.24, 2.45) is 0 Å². The second-order valence-electron chi connectivity index (χ2n) is 5.38. The molecule has 0 saturated heterocycles. The maximum atomic E-state index is 12.3. The Bertz CT molecular complexity index is 1040. The number of pyridine rings is 1. The highest BCUT2D eigenvalue weighted by atomic mass is 16.5. The first-order chi connectivity index (χ1) is 11.8. The third-order valence-corrected chi connectivity index (χ3v) is 3.90. The number of carbonyl (C=O) groups is 1. The molecule has 0 fully saturated rings. The van der Waals surface area contributed by atoms with Gasteiger partial charge in [-0.2, -0.15) is 0 Å². The van der Waals surface area contributed by atoms with Gasteiger partial charge in [-0.25, -0.2) is 4.79 Å². The van der Waals surface area contributed by atoms with Crippen LogP contribution in [-0.2, 0) is 4.74 Å². The van der Waals surface area contributed by atoms with Crippen molar-refractivity contribution >= 4 is 22.4 Å². The van der Waals surface area contributed by atoms with Crippen LogP contribution >= 0.6 is 0 Å². The molecule has 0 amide bonds. The molecule has 0 saturated carbocycles. The highest BCUT2D eigenvalue weighted by Crippen LogP contribution is 2.16. The van der Waals surface area contributed by atoms with Crippen LogP contribution in [0.3, 0.4) is 0 Å². The average molecular weight is 318 g/mol. The number of hydrogen-bond acceptors (Lipinski definition) is 3. The minimum Gasteiger partial charge on any atom is -0.459 e. The number of para-hydroxylation sites is 2. The molecule has 0 atom stereocenters. The molecule has 0 aliphatic carbocycles. The predicted molar refractivity (Wildman–Crippen MR) is 90.2 cm³/mol. The summed E-state index contributed by atoms with van der Waals surface area (Å²) in [6.07, 6.45) is 0. The lowest BCUT2D eigenvalue weighted by molar-refractivity contribution is -0.576. The molecular formula is C19H16N3O2+. The molecule has 4 rings (SSSR count). The van der Waals surface area contributed by atoms with Crippen LogP contribution in [-0.4, -0.2) is 22.5 Å². The highest BCUT2D eigenvalue weighted by molar-refractivity contribution is 5.94. The molecule has 2 heterocycles. The minimum absolute atomic E-state index is 0.312. The Morgan fingerprint density at radius 3 is 2.54 bits per heavy atom. The van der Waals surface area contributed by atoms with Crippen LogP contribution in [0.25, 0.3) is 22.1 Å². The van der Waals surface area contributed by atoms with Gasteiger partial charge in [0, 0.05) is 5.39 Å². The number of benzene rings is 2. The molecule has 0 spiro atoms. The van der Waals surface area contributed by atoms with Crippen LogP contribution in [0.4, 0.5) is 0 Å². The van der Waals surface area contributed by atoms with Crippen molar-refractivity contribution in [1.82, 2.24) is 9.90 Å². The van der Waals surface area contributed by atoms with Gasteiger partial charge in [0.05, 0.1) is 11.7 Å². The Morgan fingerprint density at radius 1 is 1.00 bits per heavy atom. The lowest BCUT2D eigenvalue weighted by Crippen LogP contribution is -2.33. The van der Waals surface area contributed by atoms with E-state index in [9.17, 15) is 4.79 Å². The van der Waals surface area contributed by atoms with Crippen molar-refractivity contribution in [2.45, 2.75) is 6.92 Å². The highest BCUT2D eigenvalue weighted by Gasteiger charge is 2.29. The molecule has 0 aliphatic heterocycles. The summed E-state index contributed by atoms with van der Waals surface area (Å²) in [5.41, 5.74) is 2.88. The second-order valence-corrected chi connectivity index (χ2v) is 5.38. The minimum atomic E-state index is -0.417. The second kappa shape index (κ2) is 5.77. The van der Waals surface area contributed by atoms with E-state index in [1.807, 2.05) is 71.2 Å². The van der Waals surface area contributed by atoms with Crippen LogP contribution in [0.1, 0.15) is 17.4 Å². The van der Waals surface area contributed by atoms with Crippen LogP contribution < -0.4 is 4.52 Å². The topological polar surface area (TPSA) is 48.2 Å². The van der Waals surface area contributed by atoms with Crippen molar-refractivity contribution in [1.29, 1.82) is 0 Å². The zero-order chi connectivity index (χ0) is 16.5. The van der Waals surface area contributed by atoms with Gasteiger partial charge in [0.15, 0.2) is 5.52 Å². The van der Waals surface area contributed by atoms with E-state index in [0.717, 1.165) is 22.1 Å². The smallest absolute Gasteiger partial charge is 0.390 e. The molecule has 24 heavy (non-hydrogen) atoms. The fraction of sp³-hybridized carbons (Fsp3) is 0.105. The fourth-order valence-electron chi connectivity index (χ4n) is 2.84. The van der Waals surface area contributed by atoms with Gasteiger partial charge in [-0.15, -0.1) is 4.52 Å². The van der Waals surface area contributed by atoms with E-state index in [4.69, 9.17) is 4.74 Å². The molecule has 5 heteroatoms. The van der Waals surface area contributed by atoms with Gasteiger partial charge in [-0.1, -0.05) is 36.4 Å². The van der Waals surface area contributed by atoms with Crippen molar-refractivity contribution in [2.75, 3.05) is 6.61 Å². The molecule has 0 aliphatic rings. The number of rotatable bonds is 3. The zero-order valence-electron chi connectivity index (χ0n) is 13.2. The number of aromatic nitrogens is 3. The quantitative estimate of drug-likeness (QED) is 0.431. The fourth-order valence-corrected chi connectivity index (χ4v) is 2.84. The number of esters is 1. The van der Waals surface area contributed by atoms with E-state index < -0.39 is 5.97 Å². The third-order valence-electron chi connectivity index (χ3n) is 3.90. The van der Waals surface area contributed by atoms with Gasteiger partial charge in [-0.3, -0.25) is 0 Å². The molecule has 0 bridgehead atoms. The molecular weight excluding hydrogens is 302 g/mol. The molecule has 5 nitrogen and oxygen atoms in total. The summed E-state index contributed by atoms with van der Waals surface area (Å²) in [6, 6.07) is 21.6. The van der Waals surface area contributed by atoms with Crippen molar-refractivity contribution in [3.05, 3.63) is 72.4 Å². The molecule has 0 radical (unpaired) electrons. The lowest BCUT2D eigenvalue weighted by atomic mass is 10.2. The summed E-state index contributed by atoms with van der Waals surface area (Å²) in [4.78, 5) is 14.1. The van der Waals surface area contributed by atoms with Crippen molar-refractivity contribution in [3.63, 3.8) is 0 Å². The number of ether oxygens (including phenoxy) is 1. The maximum Gasteiger partial charge on any atom is 0.390 e. The number of fused-ring (bicyclic) bond motifs is 3. The van der Waals surface area contributed by atoms with E-state index in [-0.39, 0.29) is 0 Å². The average Bonchev–Trinajstić information content (AvgIpc) is 3.03. The summed E-state index contributed by atoms with van der Waals surface area (Å²) in [6.45, 7) is 2.10. The molecule has 0 N–H and O–H groups in total. The van der Waals surface area contributed by atoms with Gasteiger partial charge >= 0.3 is 11.7 Å². The summed E-state index contributed by atoms with van der Waals surface area (Å²) in [7, 11) is 0.